The fourth-order valence-corrected chi connectivity index (χ4v) is 1.55. The molecule has 0 aromatic rings. The van der Waals surface area contributed by atoms with Crippen molar-refractivity contribution < 1.29 is 8.85 Å². The van der Waals surface area contributed by atoms with Gasteiger partial charge in [-0.25, -0.2) is 0 Å². The zero-order valence-electron chi connectivity index (χ0n) is 5.81. The SMILES string of the molecule is CCO[SiH](C)OCC.[LiH]. The van der Waals surface area contributed by atoms with Crippen LogP contribution in [0.5, 0.6) is 0 Å². The van der Waals surface area contributed by atoms with E-state index in [1.165, 1.54) is 0 Å². The first kappa shape index (κ1) is 12.4. The van der Waals surface area contributed by atoms with Crippen molar-refractivity contribution in [2.45, 2.75) is 20.4 Å². The molecule has 0 aliphatic heterocycles. The van der Waals surface area contributed by atoms with E-state index >= 15 is 0 Å². The van der Waals surface area contributed by atoms with Crippen LogP contribution >= 0.6 is 0 Å². The van der Waals surface area contributed by atoms with Crippen LogP contribution < -0.4 is 0 Å². The van der Waals surface area contributed by atoms with E-state index in [2.05, 4.69) is 0 Å². The molecule has 0 atom stereocenters. The first-order chi connectivity index (χ1) is 3.81. The maximum atomic E-state index is 5.20. The Kier molecular flexibility index (Phi) is 12.0. The molecule has 0 N–H and O–H groups in total. The Bertz CT molecular complexity index is 48.2. The van der Waals surface area contributed by atoms with E-state index in [1.807, 2.05) is 20.4 Å². The number of hydrogen-bond donors (Lipinski definition) is 0. The van der Waals surface area contributed by atoms with Crippen molar-refractivity contribution >= 4 is 28.1 Å². The Morgan fingerprint density at radius 3 is 1.67 bits per heavy atom. The molecular formula is C5H15LiO2Si. The third kappa shape index (κ3) is 8.73. The van der Waals surface area contributed by atoms with Gasteiger partial charge in [0.05, 0.1) is 0 Å². The van der Waals surface area contributed by atoms with Crippen molar-refractivity contribution in [3.63, 3.8) is 0 Å². The number of hydrogen-bond acceptors (Lipinski definition) is 2. The predicted octanol–water partition coefficient (Wildman–Crippen LogP) is 0.261. The summed E-state index contributed by atoms with van der Waals surface area (Å²) >= 11 is 0. The van der Waals surface area contributed by atoms with Crippen molar-refractivity contribution in [1.82, 2.24) is 0 Å². The summed E-state index contributed by atoms with van der Waals surface area (Å²) in [5, 5.41) is 0. The van der Waals surface area contributed by atoms with E-state index in [9.17, 15) is 0 Å². The molecule has 0 unspecified atom stereocenters. The van der Waals surface area contributed by atoms with E-state index in [0.29, 0.717) is 0 Å². The first-order valence-corrected chi connectivity index (χ1v) is 5.14. The summed E-state index contributed by atoms with van der Waals surface area (Å²) < 4.78 is 10.4. The van der Waals surface area contributed by atoms with Crippen molar-refractivity contribution in [3.8, 4) is 0 Å². The molecule has 0 radical (unpaired) electrons. The molecule has 2 nitrogen and oxygen atoms in total. The molecule has 0 bridgehead atoms. The third-order valence-electron chi connectivity index (χ3n) is 0.803. The van der Waals surface area contributed by atoms with Crippen LogP contribution in [0.15, 0.2) is 0 Å². The van der Waals surface area contributed by atoms with Crippen molar-refractivity contribution in [1.29, 1.82) is 0 Å². The molecule has 0 fully saturated rings. The maximum absolute atomic E-state index is 5.20. The minimum atomic E-state index is -1.20. The summed E-state index contributed by atoms with van der Waals surface area (Å²) in [5.74, 6) is 0. The monoisotopic (exact) mass is 142 g/mol. The molecule has 0 saturated carbocycles. The fraction of sp³-hybridized carbons (Fsp3) is 1.00. The summed E-state index contributed by atoms with van der Waals surface area (Å²) in [6.07, 6.45) is 0. The molecule has 0 aromatic heterocycles. The van der Waals surface area contributed by atoms with Crippen molar-refractivity contribution in [2.24, 2.45) is 0 Å². The van der Waals surface area contributed by atoms with Crippen molar-refractivity contribution in [3.05, 3.63) is 0 Å². The first-order valence-electron chi connectivity index (χ1n) is 3.04. The van der Waals surface area contributed by atoms with Gasteiger partial charge in [-0.15, -0.1) is 0 Å². The standard InChI is InChI=1S/C5H14O2Si.Li.H/c1-4-6-8(3)7-5-2;;/h8H,4-5H2,1-3H3;;. The fourth-order valence-electron chi connectivity index (χ4n) is 0.518. The van der Waals surface area contributed by atoms with Crippen LogP contribution in [-0.4, -0.2) is 41.4 Å². The molecular weight excluding hydrogens is 127 g/mol. The zero-order chi connectivity index (χ0) is 6.41. The second-order valence-corrected chi connectivity index (χ2v) is 3.28. The van der Waals surface area contributed by atoms with Gasteiger partial charge in [0.1, 0.15) is 0 Å². The van der Waals surface area contributed by atoms with Crippen molar-refractivity contribution in [2.75, 3.05) is 13.2 Å². The van der Waals surface area contributed by atoms with Gasteiger partial charge in [0, 0.05) is 13.2 Å². The third-order valence-corrected chi connectivity index (χ3v) is 2.41. The zero-order valence-corrected chi connectivity index (χ0v) is 6.96. The van der Waals surface area contributed by atoms with Gasteiger partial charge in [-0.3, -0.25) is 0 Å². The minimum absolute atomic E-state index is 0. The van der Waals surface area contributed by atoms with Crippen LogP contribution in [-0.2, 0) is 8.85 Å². The quantitative estimate of drug-likeness (QED) is 0.524. The number of rotatable bonds is 4. The second-order valence-electron chi connectivity index (χ2n) is 1.48. The topological polar surface area (TPSA) is 18.5 Å². The predicted molar refractivity (Wildman–Crippen MR) is 43.4 cm³/mol. The molecule has 0 heterocycles. The van der Waals surface area contributed by atoms with E-state index < -0.39 is 9.28 Å². The summed E-state index contributed by atoms with van der Waals surface area (Å²) in [7, 11) is -1.20. The molecule has 9 heavy (non-hydrogen) atoms. The molecule has 4 heteroatoms. The van der Waals surface area contributed by atoms with E-state index in [-0.39, 0.29) is 18.9 Å². The average molecular weight is 142 g/mol. The van der Waals surface area contributed by atoms with E-state index in [1.54, 1.807) is 0 Å². The molecule has 0 aliphatic carbocycles. The summed E-state index contributed by atoms with van der Waals surface area (Å²) in [6.45, 7) is 7.58. The second kappa shape index (κ2) is 8.73. The normalized spacial score (nSPS) is 9.33. The molecule has 0 spiro atoms. The molecule has 0 amide bonds. The van der Waals surface area contributed by atoms with Gasteiger partial charge in [-0.1, -0.05) is 0 Å². The van der Waals surface area contributed by atoms with Gasteiger partial charge in [0.2, 0.25) is 0 Å². The molecule has 0 saturated heterocycles. The van der Waals surface area contributed by atoms with Gasteiger partial charge in [-0.05, 0) is 20.4 Å². The van der Waals surface area contributed by atoms with Crippen LogP contribution in [0.2, 0.25) is 6.55 Å². The summed E-state index contributed by atoms with van der Waals surface area (Å²) in [4.78, 5) is 0. The molecule has 0 rings (SSSR count). The van der Waals surface area contributed by atoms with Crippen LogP contribution in [0.4, 0.5) is 0 Å². The molecule has 0 aliphatic rings. The molecule has 0 aromatic carbocycles. The van der Waals surface area contributed by atoms with Crippen LogP contribution in [0.3, 0.4) is 0 Å². The Labute approximate surface area is 70.9 Å². The van der Waals surface area contributed by atoms with Gasteiger partial charge >= 0.3 is 28.1 Å². The van der Waals surface area contributed by atoms with Gasteiger partial charge in [0.15, 0.2) is 0 Å². The van der Waals surface area contributed by atoms with E-state index in [0.717, 1.165) is 13.2 Å². The summed E-state index contributed by atoms with van der Waals surface area (Å²) in [6, 6.07) is 0. The summed E-state index contributed by atoms with van der Waals surface area (Å²) in [5.41, 5.74) is 0. The van der Waals surface area contributed by atoms with Crippen LogP contribution in [0.25, 0.3) is 0 Å². The Hall–Kier alpha value is 0.734. The Morgan fingerprint density at radius 2 is 1.44 bits per heavy atom. The Balaban J connectivity index is 0. The molecule has 52 valence electrons. The van der Waals surface area contributed by atoms with E-state index in [4.69, 9.17) is 8.85 Å². The van der Waals surface area contributed by atoms with Crippen LogP contribution in [0.1, 0.15) is 13.8 Å². The average Bonchev–Trinajstić information content (AvgIpc) is 1.68. The van der Waals surface area contributed by atoms with Gasteiger partial charge < -0.3 is 8.85 Å². The Morgan fingerprint density at radius 1 is 1.11 bits per heavy atom. The van der Waals surface area contributed by atoms with Gasteiger partial charge in [-0.2, -0.15) is 0 Å². The van der Waals surface area contributed by atoms with Crippen LogP contribution in [0, 0.1) is 0 Å². The van der Waals surface area contributed by atoms with Gasteiger partial charge in [0.25, 0.3) is 0 Å².